The Balaban J connectivity index is 3.06. The molecule has 1 aromatic heterocycles. The van der Waals surface area contributed by atoms with Crippen molar-refractivity contribution in [3.63, 3.8) is 0 Å². The third-order valence-corrected chi connectivity index (χ3v) is 4.32. The molecule has 0 unspecified atom stereocenters. The van der Waals surface area contributed by atoms with Crippen molar-refractivity contribution in [2.24, 2.45) is 0 Å². The van der Waals surface area contributed by atoms with Gasteiger partial charge in [0.25, 0.3) is 0 Å². The summed E-state index contributed by atoms with van der Waals surface area (Å²) in [5.74, 6) is -0.236. The molecule has 0 amide bonds. The molecule has 0 saturated heterocycles. The zero-order valence-corrected chi connectivity index (χ0v) is 11.6. The number of hydrogen-bond donors (Lipinski definition) is 0. The van der Waals surface area contributed by atoms with Crippen LogP contribution in [0.2, 0.25) is 0 Å². The zero-order valence-electron chi connectivity index (χ0n) is 7.30. The van der Waals surface area contributed by atoms with Crippen LogP contribution < -0.4 is 0 Å². The molecular formula is C8H9I2NO2. The van der Waals surface area contributed by atoms with Gasteiger partial charge in [-0.05, 0) is 42.0 Å². The smallest absolute Gasteiger partial charge is 0.341 e. The number of aryl methyl sites for hydroxylation is 1. The molecule has 0 atom stereocenters. The van der Waals surface area contributed by atoms with Gasteiger partial charge < -0.3 is 4.74 Å². The number of halogens is 2. The molecule has 0 fully saturated rings. The van der Waals surface area contributed by atoms with E-state index < -0.39 is 0 Å². The Bertz CT molecular complexity index is 333. The normalized spacial score (nSPS) is 10.2. The number of carbonyl (C=O) groups is 1. The van der Waals surface area contributed by atoms with Crippen LogP contribution in [-0.4, -0.2) is 15.4 Å². The first kappa shape index (κ1) is 11.3. The van der Waals surface area contributed by atoms with E-state index in [0.717, 1.165) is 9.26 Å². The molecule has 5 heteroatoms. The van der Waals surface area contributed by atoms with Gasteiger partial charge >= 0.3 is 5.97 Å². The maximum atomic E-state index is 11.5. The monoisotopic (exact) mass is 405 g/mol. The lowest BCUT2D eigenvalue weighted by Gasteiger charge is -2.01. The summed E-state index contributed by atoms with van der Waals surface area (Å²) in [6.45, 7) is 4.13. The van der Waals surface area contributed by atoms with Crippen LogP contribution >= 0.6 is 45.5 Å². The Kier molecular flexibility index (Phi) is 4.02. The predicted molar refractivity (Wildman–Crippen MR) is 67.3 cm³/mol. The van der Waals surface area contributed by atoms with Crippen LogP contribution in [0.15, 0.2) is 6.20 Å². The van der Waals surface area contributed by atoms with Crippen molar-refractivity contribution in [1.82, 2.24) is 2.78 Å². The average Bonchev–Trinajstić information content (AvgIpc) is 2.27. The number of ether oxygens (including phenoxy) is 1. The summed E-state index contributed by atoms with van der Waals surface area (Å²) >= 11 is 4.27. The highest BCUT2D eigenvalue weighted by Crippen LogP contribution is 2.21. The summed E-state index contributed by atoms with van der Waals surface area (Å²) in [4.78, 5) is 11.5. The van der Waals surface area contributed by atoms with Crippen LogP contribution in [0.5, 0.6) is 0 Å². The van der Waals surface area contributed by atoms with E-state index in [4.69, 9.17) is 4.74 Å². The van der Waals surface area contributed by atoms with Gasteiger partial charge in [0.1, 0.15) is 3.70 Å². The van der Waals surface area contributed by atoms with Gasteiger partial charge in [0.15, 0.2) is 0 Å². The summed E-state index contributed by atoms with van der Waals surface area (Å²) in [7, 11) is 0. The molecule has 1 aromatic rings. The molecule has 0 aromatic carbocycles. The molecule has 1 heterocycles. The highest BCUT2D eigenvalue weighted by atomic mass is 127. The summed E-state index contributed by atoms with van der Waals surface area (Å²) < 4.78 is 7.74. The summed E-state index contributed by atoms with van der Waals surface area (Å²) in [5, 5.41) is 0. The Morgan fingerprint density at radius 3 is 2.69 bits per heavy atom. The minimum atomic E-state index is -0.236. The standard InChI is InChI=1S/C8H9I2NO2/c1-3-13-8(12)6-5(2)4-11(10)7(6)9/h4H,3H2,1-2H3. The first-order chi connectivity index (χ1) is 6.07. The quantitative estimate of drug-likeness (QED) is 0.560. The minimum absolute atomic E-state index is 0.236. The van der Waals surface area contributed by atoms with Crippen molar-refractivity contribution in [2.45, 2.75) is 13.8 Å². The lowest BCUT2D eigenvalue weighted by Crippen LogP contribution is -2.06. The van der Waals surface area contributed by atoms with Gasteiger partial charge in [-0.25, -0.2) is 4.79 Å². The maximum Gasteiger partial charge on any atom is 0.341 e. The zero-order chi connectivity index (χ0) is 10.0. The number of hydrogen-bond acceptors (Lipinski definition) is 2. The Morgan fingerprint density at radius 2 is 2.31 bits per heavy atom. The molecule has 0 N–H and O–H groups in total. The first-order valence-electron chi connectivity index (χ1n) is 3.78. The van der Waals surface area contributed by atoms with Gasteiger partial charge in [0.2, 0.25) is 0 Å². The summed E-state index contributed by atoms with van der Waals surface area (Å²) in [6.07, 6.45) is 1.91. The van der Waals surface area contributed by atoms with E-state index in [-0.39, 0.29) is 5.97 Å². The Hall–Kier alpha value is 0.210. The van der Waals surface area contributed by atoms with E-state index in [9.17, 15) is 4.79 Å². The fraction of sp³-hybridized carbons (Fsp3) is 0.375. The predicted octanol–water partition coefficient (Wildman–Crippen LogP) is 2.78. The Morgan fingerprint density at radius 1 is 1.69 bits per heavy atom. The van der Waals surface area contributed by atoms with Crippen LogP contribution in [-0.2, 0) is 4.74 Å². The van der Waals surface area contributed by atoms with Crippen LogP contribution in [0.4, 0.5) is 0 Å². The van der Waals surface area contributed by atoms with Gasteiger partial charge in [-0.2, -0.15) is 0 Å². The molecule has 0 bridgehead atoms. The van der Waals surface area contributed by atoms with Crippen LogP contribution in [0.25, 0.3) is 0 Å². The lowest BCUT2D eigenvalue weighted by atomic mass is 10.2. The van der Waals surface area contributed by atoms with E-state index in [1.165, 1.54) is 0 Å². The van der Waals surface area contributed by atoms with Gasteiger partial charge in [-0.15, -0.1) is 0 Å². The molecule has 0 spiro atoms. The minimum Gasteiger partial charge on any atom is -0.462 e. The third-order valence-electron chi connectivity index (χ3n) is 1.57. The summed E-state index contributed by atoms with van der Waals surface area (Å²) in [6, 6.07) is 0. The maximum absolute atomic E-state index is 11.5. The molecule has 13 heavy (non-hydrogen) atoms. The van der Waals surface area contributed by atoms with E-state index in [0.29, 0.717) is 12.2 Å². The molecule has 0 aliphatic rings. The Labute approximate surface area is 104 Å². The van der Waals surface area contributed by atoms with Gasteiger partial charge in [0, 0.05) is 6.20 Å². The second-order valence-electron chi connectivity index (χ2n) is 2.51. The van der Waals surface area contributed by atoms with Crippen molar-refractivity contribution in [1.29, 1.82) is 0 Å². The molecule has 0 saturated carbocycles. The molecule has 0 radical (unpaired) electrons. The van der Waals surface area contributed by atoms with Crippen LogP contribution in [0.1, 0.15) is 22.8 Å². The van der Waals surface area contributed by atoms with Gasteiger partial charge in [0.05, 0.1) is 35.0 Å². The fourth-order valence-corrected chi connectivity index (χ4v) is 2.45. The third kappa shape index (κ3) is 2.36. The number of carbonyl (C=O) groups excluding carboxylic acids is 1. The van der Waals surface area contributed by atoms with E-state index in [2.05, 4.69) is 45.5 Å². The number of nitrogens with zero attached hydrogens (tertiary/aromatic N) is 1. The second-order valence-corrected chi connectivity index (χ2v) is 4.57. The van der Waals surface area contributed by atoms with Crippen molar-refractivity contribution < 1.29 is 9.53 Å². The van der Waals surface area contributed by atoms with Gasteiger partial charge in [-0.1, -0.05) is 0 Å². The highest BCUT2D eigenvalue weighted by molar-refractivity contribution is 14.1. The first-order valence-corrected chi connectivity index (χ1v) is 5.83. The molecule has 72 valence electrons. The number of aromatic nitrogens is 1. The number of esters is 1. The van der Waals surface area contributed by atoms with Crippen molar-refractivity contribution in [2.75, 3.05) is 6.61 Å². The van der Waals surface area contributed by atoms with E-state index in [1.54, 1.807) is 6.92 Å². The van der Waals surface area contributed by atoms with Crippen molar-refractivity contribution >= 4 is 51.4 Å². The lowest BCUT2D eigenvalue weighted by molar-refractivity contribution is 0.0524. The van der Waals surface area contributed by atoms with Crippen molar-refractivity contribution in [3.8, 4) is 0 Å². The topological polar surface area (TPSA) is 31.2 Å². The highest BCUT2D eigenvalue weighted by Gasteiger charge is 2.17. The molecule has 0 aliphatic heterocycles. The average molecular weight is 405 g/mol. The summed E-state index contributed by atoms with van der Waals surface area (Å²) in [5.41, 5.74) is 1.63. The van der Waals surface area contributed by atoms with Crippen LogP contribution in [0.3, 0.4) is 0 Å². The second kappa shape index (κ2) is 4.63. The molecule has 0 aliphatic carbocycles. The number of rotatable bonds is 2. The molecule has 3 nitrogen and oxygen atoms in total. The van der Waals surface area contributed by atoms with Crippen molar-refractivity contribution in [3.05, 3.63) is 21.0 Å². The SMILES string of the molecule is CCOC(=O)c1c(C)cn(I)c1I. The van der Waals surface area contributed by atoms with Crippen LogP contribution in [0, 0.1) is 10.6 Å². The van der Waals surface area contributed by atoms with E-state index in [1.807, 2.05) is 15.9 Å². The largest absolute Gasteiger partial charge is 0.462 e. The van der Waals surface area contributed by atoms with E-state index >= 15 is 0 Å². The molecule has 1 rings (SSSR count). The van der Waals surface area contributed by atoms with Gasteiger partial charge in [-0.3, -0.25) is 2.78 Å². The fourth-order valence-electron chi connectivity index (χ4n) is 1.01. The molecular weight excluding hydrogens is 396 g/mol.